The summed E-state index contributed by atoms with van der Waals surface area (Å²) in [6.45, 7) is 7.33. The van der Waals surface area contributed by atoms with Crippen LogP contribution in [0, 0.1) is 5.41 Å². The summed E-state index contributed by atoms with van der Waals surface area (Å²) in [5.74, 6) is 1.26. The molecule has 0 atom stereocenters. The smallest absolute Gasteiger partial charge is 0.137 e. The van der Waals surface area contributed by atoms with E-state index in [1.54, 1.807) is 6.20 Å². The zero-order chi connectivity index (χ0) is 11.3. The van der Waals surface area contributed by atoms with E-state index < -0.39 is 0 Å². The standard InChI is InChI=1S/C12H18ClNO/c1-12(2,3)6-7-15-11-5-4-10(8-13)14-9-11/h4-5,9H,6-8H2,1-3H3. The third-order valence-corrected chi connectivity index (χ3v) is 2.33. The van der Waals surface area contributed by atoms with Crippen molar-refractivity contribution in [2.75, 3.05) is 6.61 Å². The van der Waals surface area contributed by atoms with Gasteiger partial charge < -0.3 is 4.74 Å². The molecule has 1 rings (SSSR count). The van der Waals surface area contributed by atoms with Crippen molar-refractivity contribution in [3.8, 4) is 5.75 Å². The van der Waals surface area contributed by atoms with Crippen LogP contribution in [-0.4, -0.2) is 11.6 Å². The number of aromatic nitrogens is 1. The molecule has 0 spiro atoms. The molecule has 0 N–H and O–H groups in total. The summed E-state index contributed by atoms with van der Waals surface area (Å²) in [5.41, 5.74) is 1.18. The molecule has 15 heavy (non-hydrogen) atoms. The van der Waals surface area contributed by atoms with Crippen LogP contribution in [0.2, 0.25) is 0 Å². The van der Waals surface area contributed by atoms with E-state index in [0.29, 0.717) is 11.3 Å². The fourth-order valence-corrected chi connectivity index (χ4v) is 1.21. The van der Waals surface area contributed by atoms with Gasteiger partial charge in [-0.15, -0.1) is 11.6 Å². The van der Waals surface area contributed by atoms with Gasteiger partial charge in [0.15, 0.2) is 0 Å². The van der Waals surface area contributed by atoms with Crippen LogP contribution in [0.5, 0.6) is 5.75 Å². The Kier molecular flexibility index (Phi) is 4.40. The van der Waals surface area contributed by atoms with Crippen LogP contribution in [0.15, 0.2) is 18.3 Å². The summed E-state index contributed by atoms with van der Waals surface area (Å²) in [4.78, 5) is 4.16. The monoisotopic (exact) mass is 227 g/mol. The first-order valence-electron chi connectivity index (χ1n) is 5.15. The highest BCUT2D eigenvalue weighted by Gasteiger charge is 2.09. The van der Waals surface area contributed by atoms with E-state index in [9.17, 15) is 0 Å². The molecule has 84 valence electrons. The molecule has 0 aliphatic heterocycles. The summed E-state index contributed by atoms with van der Waals surface area (Å²) < 4.78 is 5.58. The van der Waals surface area contributed by atoms with Crippen molar-refractivity contribution in [1.29, 1.82) is 0 Å². The van der Waals surface area contributed by atoms with E-state index in [2.05, 4.69) is 25.8 Å². The Morgan fingerprint density at radius 3 is 2.53 bits per heavy atom. The Balaban J connectivity index is 2.38. The van der Waals surface area contributed by atoms with Crippen molar-refractivity contribution in [3.05, 3.63) is 24.0 Å². The second-order valence-electron chi connectivity index (χ2n) is 4.78. The lowest BCUT2D eigenvalue weighted by Crippen LogP contribution is -2.11. The van der Waals surface area contributed by atoms with Crippen LogP contribution in [0.3, 0.4) is 0 Å². The Hall–Kier alpha value is -0.760. The molecule has 0 unspecified atom stereocenters. The third kappa shape index (κ3) is 5.03. The van der Waals surface area contributed by atoms with Gasteiger partial charge in [0, 0.05) is 0 Å². The van der Waals surface area contributed by atoms with E-state index in [-0.39, 0.29) is 0 Å². The maximum atomic E-state index is 5.64. The number of halogens is 1. The summed E-state index contributed by atoms with van der Waals surface area (Å²) in [7, 11) is 0. The topological polar surface area (TPSA) is 22.1 Å². The molecule has 3 heteroatoms. The average molecular weight is 228 g/mol. The fraction of sp³-hybridized carbons (Fsp3) is 0.583. The number of hydrogen-bond acceptors (Lipinski definition) is 2. The van der Waals surface area contributed by atoms with Crippen molar-refractivity contribution in [2.45, 2.75) is 33.1 Å². The van der Waals surface area contributed by atoms with E-state index in [4.69, 9.17) is 16.3 Å². The molecular formula is C12H18ClNO. The van der Waals surface area contributed by atoms with Gasteiger partial charge in [-0.05, 0) is 24.0 Å². The molecule has 0 aliphatic carbocycles. The summed E-state index contributed by atoms with van der Waals surface area (Å²) in [6, 6.07) is 3.80. The number of pyridine rings is 1. The van der Waals surface area contributed by atoms with Gasteiger partial charge in [0.2, 0.25) is 0 Å². The molecule has 0 fully saturated rings. The lowest BCUT2D eigenvalue weighted by Gasteiger charge is -2.17. The highest BCUT2D eigenvalue weighted by Crippen LogP contribution is 2.19. The number of ether oxygens (including phenoxy) is 1. The van der Waals surface area contributed by atoms with E-state index in [1.165, 1.54) is 0 Å². The molecule has 0 saturated heterocycles. The Morgan fingerprint density at radius 1 is 1.33 bits per heavy atom. The Labute approximate surface area is 96.6 Å². The molecule has 0 aromatic carbocycles. The zero-order valence-corrected chi connectivity index (χ0v) is 10.3. The lowest BCUT2D eigenvalue weighted by atomic mass is 9.93. The van der Waals surface area contributed by atoms with Gasteiger partial charge in [0.05, 0.1) is 24.4 Å². The number of hydrogen-bond donors (Lipinski definition) is 0. The SMILES string of the molecule is CC(C)(C)CCOc1ccc(CCl)nc1. The summed E-state index contributed by atoms with van der Waals surface area (Å²) in [5, 5.41) is 0. The predicted molar refractivity (Wildman–Crippen MR) is 63.4 cm³/mol. The molecule has 2 nitrogen and oxygen atoms in total. The zero-order valence-electron chi connectivity index (χ0n) is 9.59. The third-order valence-electron chi connectivity index (χ3n) is 2.06. The van der Waals surface area contributed by atoms with Gasteiger partial charge in [0.25, 0.3) is 0 Å². The summed E-state index contributed by atoms with van der Waals surface area (Å²) >= 11 is 5.64. The highest BCUT2D eigenvalue weighted by molar-refractivity contribution is 6.16. The lowest BCUT2D eigenvalue weighted by molar-refractivity contribution is 0.242. The molecule has 0 bridgehead atoms. The minimum atomic E-state index is 0.309. The highest BCUT2D eigenvalue weighted by atomic mass is 35.5. The molecule has 0 saturated carbocycles. The van der Waals surface area contributed by atoms with Crippen molar-refractivity contribution in [3.63, 3.8) is 0 Å². The van der Waals surface area contributed by atoms with Gasteiger partial charge >= 0.3 is 0 Å². The number of rotatable bonds is 4. The van der Waals surface area contributed by atoms with Crippen LogP contribution in [0.4, 0.5) is 0 Å². The Morgan fingerprint density at radius 2 is 2.07 bits per heavy atom. The average Bonchev–Trinajstić information content (AvgIpc) is 2.17. The second kappa shape index (κ2) is 5.36. The molecule has 0 amide bonds. The van der Waals surface area contributed by atoms with Gasteiger partial charge in [-0.2, -0.15) is 0 Å². The first-order valence-corrected chi connectivity index (χ1v) is 5.68. The van der Waals surface area contributed by atoms with E-state index >= 15 is 0 Å². The fourth-order valence-electron chi connectivity index (χ4n) is 1.05. The van der Waals surface area contributed by atoms with Gasteiger partial charge in [0.1, 0.15) is 5.75 Å². The Bertz CT molecular complexity index is 289. The summed E-state index contributed by atoms with van der Waals surface area (Å²) in [6.07, 6.45) is 2.75. The maximum absolute atomic E-state index is 5.64. The first-order chi connectivity index (χ1) is 7.01. The first kappa shape index (κ1) is 12.3. The molecule has 1 aromatic rings. The van der Waals surface area contributed by atoms with Crippen LogP contribution in [-0.2, 0) is 5.88 Å². The van der Waals surface area contributed by atoms with Crippen LogP contribution < -0.4 is 4.74 Å². The molecular weight excluding hydrogens is 210 g/mol. The quantitative estimate of drug-likeness (QED) is 0.733. The maximum Gasteiger partial charge on any atom is 0.137 e. The second-order valence-corrected chi connectivity index (χ2v) is 5.05. The molecule has 1 heterocycles. The number of nitrogens with zero attached hydrogens (tertiary/aromatic N) is 1. The van der Waals surface area contributed by atoms with E-state index in [0.717, 1.165) is 24.5 Å². The predicted octanol–water partition coefficient (Wildman–Crippen LogP) is 3.64. The largest absolute Gasteiger partial charge is 0.492 e. The van der Waals surface area contributed by atoms with Gasteiger partial charge in [-0.1, -0.05) is 20.8 Å². The van der Waals surface area contributed by atoms with Crippen molar-refractivity contribution in [2.24, 2.45) is 5.41 Å². The minimum absolute atomic E-state index is 0.309. The number of alkyl halides is 1. The molecule has 1 aromatic heterocycles. The van der Waals surface area contributed by atoms with Crippen LogP contribution >= 0.6 is 11.6 Å². The normalized spacial score (nSPS) is 11.5. The van der Waals surface area contributed by atoms with Crippen LogP contribution in [0.25, 0.3) is 0 Å². The van der Waals surface area contributed by atoms with E-state index in [1.807, 2.05) is 12.1 Å². The van der Waals surface area contributed by atoms with Gasteiger partial charge in [-0.3, -0.25) is 4.98 Å². The van der Waals surface area contributed by atoms with Crippen LogP contribution in [0.1, 0.15) is 32.9 Å². The minimum Gasteiger partial charge on any atom is -0.492 e. The van der Waals surface area contributed by atoms with Crippen molar-refractivity contribution >= 4 is 11.6 Å². The van der Waals surface area contributed by atoms with Crippen molar-refractivity contribution in [1.82, 2.24) is 4.98 Å². The molecule has 0 radical (unpaired) electrons. The molecule has 0 aliphatic rings. The van der Waals surface area contributed by atoms with Gasteiger partial charge in [-0.25, -0.2) is 0 Å². The van der Waals surface area contributed by atoms with Crippen molar-refractivity contribution < 1.29 is 4.74 Å².